The third kappa shape index (κ3) is 3.69. The van der Waals surface area contributed by atoms with Crippen LogP contribution >= 0.6 is 0 Å². The SMILES string of the molecule is CCC(C)C(=O)N1CCN(S(=O)(=O)c2cc(F)ccc2F)CC1. The average molecular weight is 346 g/mol. The van der Waals surface area contributed by atoms with E-state index < -0.39 is 26.6 Å². The molecule has 0 bridgehead atoms. The summed E-state index contributed by atoms with van der Waals surface area (Å²) in [7, 11) is -4.11. The highest BCUT2D eigenvalue weighted by Gasteiger charge is 2.32. The van der Waals surface area contributed by atoms with Crippen molar-refractivity contribution in [3.63, 3.8) is 0 Å². The Morgan fingerprint density at radius 1 is 1.22 bits per heavy atom. The van der Waals surface area contributed by atoms with Crippen molar-refractivity contribution in [1.29, 1.82) is 0 Å². The van der Waals surface area contributed by atoms with E-state index in [1.807, 2.05) is 13.8 Å². The van der Waals surface area contributed by atoms with Crippen molar-refractivity contribution in [2.24, 2.45) is 5.92 Å². The van der Waals surface area contributed by atoms with Gasteiger partial charge in [0.05, 0.1) is 0 Å². The van der Waals surface area contributed by atoms with E-state index in [9.17, 15) is 22.0 Å². The van der Waals surface area contributed by atoms with E-state index in [0.29, 0.717) is 12.5 Å². The van der Waals surface area contributed by atoms with Gasteiger partial charge in [0.25, 0.3) is 0 Å². The number of hydrogen-bond donors (Lipinski definition) is 0. The van der Waals surface area contributed by atoms with Crippen molar-refractivity contribution < 1.29 is 22.0 Å². The lowest BCUT2D eigenvalue weighted by atomic mass is 10.1. The fourth-order valence-electron chi connectivity index (χ4n) is 2.45. The fraction of sp³-hybridized carbons (Fsp3) is 0.533. The normalized spacial score (nSPS) is 18.0. The first kappa shape index (κ1) is 17.8. The Morgan fingerprint density at radius 2 is 1.83 bits per heavy atom. The van der Waals surface area contributed by atoms with Crippen molar-refractivity contribution in [2.45, 2.75) is 25.2 Å². The lowest BCUT2D eigenvalue weighted by molar-refractivity contribution is -0.136. The van der Waals surface area contributed by atoms with Crippen LogP contribution in [0.3, 0.4) is 0 Å². The molecule has 23 heavy (non-hydrogen) atoms. The van der Waals surface area contributed by atoms with Crippen molar-refractivity contribution in [3.05, 3.63) is 29.8 Å². The molecular weight excluding hydrogens is 326 g/mol. The molecule has 128 valence electrons. The Morgan fingerprint density at radius 3 is 2.39 bits per heavy atom. The highest BCUT2D eigenvalue weighted by atomic mass is 32.2. The zero-order valence-corrected chi connectivity index (χ0v) is 13.9. The van der Waals surface area contributed by atoms with E-state index in [1.54, 1.807) is 4.90 Å². The quantitative estimate of drug-likeness (QED) is 0.836. The molecule has 1 aliphatic rings. The van der Waals surface area contributed by atoms with Crippen LogP contribution in [0.5, 0.6) is 0 Å². The van der Waals surface area contributed by atoms with Gasteiger partial charge in [-0.25, -0.2) is 17.2 Å². The first-order valence-corrected chi connectivity index (χ1v) is 8.95. The summed E-state index contributed by atoms with van der Waals surface area (Å²) in [6, 6.07) is 2.35. The van der Waals surface area contributed by atoms with Crippen LogP contribution in [0.2, 0.25) is 0 Å². The summed E-state index contributed by atoms with van der Waals surface area (Å²) in [6.45, 7) is 4.38. The third-order valence-corrected chi connectivity index (χ3v) is 6.01. The van der Waals surface area contributed by atoms with Gasteiger partial charge in [-0.05, 0) is 24.6 Å². The molecular formula is C15H20F2N2O3S. The summed E-state index contributed by atoms with van der Waals surface area (Å²) in [5, 5.41) is 0. The highest BCUT2D eigenvalue weighted by Crippen LogP contribution is 2.22. The molecule has 1 saturated heterocycles. The van der Waals surface area contributed by atoms with Crippen LogP contribution in [0.1, 0.15) is 20.3 Å². The van der Waals surface area contributed by atoms with Gasteiger partial charge in [-0.1, -0.05) is 13.8 Å². The maximum atomic E-state index is 13.7. The molecule has 1 amide bonds. The number of amides is 1. The summed E-state index contributed by atoms with van der Waals surface area (Å²) in [4.78, 5) is 13.0. The van der Waals surface area contributed by atoms with Crippen LogP contribution in [0.25, 0.3) is 0 Å². The summed E-state index contributed by atoms with van der Waals surface area (Å²) in [5.41, 5.74) is 0. The van der Waals surface area contributed by atoms with E-state index in [4.69, 9.17) is 0 Å². The topological polar surface area (TPSA) is 57.7 Å². The van der Waals surface area contributed by atoms with Crippen molar-refractivity contribution in [2.75, 3.05) is 26.2 Å². The average Bonchev–Trinajstić information content (AvgIpc) is 2.55. The number of benzene rings is 1. The molecule has 1 atom stereocenters. The van der Waals surface area contributed by atoms with Gasteiger partial charge in [0.15, 0.2) is 0 Å². The van der Waals surface area contributed by atoms with Gasteiger partial charge in [0, 0.05) is 32.1 Å². The number of halogens is 2. The van der Waals surface area contributed by atoms with E-state index in [2.05, 4.69) is 0 Å². The van der Waals surface area contributed by atoms with Crippen LogP contribution in [-0.2, 0) is 14.8 Å². The molecule has 1 aliphatic heterocycles. The molecule has 1 aromatic carbocycles. The van der Waals surface area contributed by atoms with Gasteiger partial charge in [-0.15, -0.1) is 0 Å². The minimum absolute atomic E-state index is 0.0125. The van der Waals surface area contributed by atoms with Crippen molar-refractivity contribution >= 4 is 15.9 Å². The summed E-state index contributed by atoms with van der Waals surface area (Å²) in [6.07, 6.45) is 0.714. The second-order valence-electron chi connectivity index (χ2n) is 5.61. The smallest absolute Gasteiger partial charge is 0.246 e. The van der Waals surface area contributed by atoms with Gasteiger partial charge in [-0.2, -0.15) is 4.31 Å². The molecule has 1 heterocycles. The Labute approximate surface area is 134 Å². The van der Waals surface area contributed by atoms with Gasteiger partial charge >= 0.3 is 0 Å². The zero-order chi connectivity index (χ0) is 17.2. The molecule has 1 aromatic rings. The van der Waals surface area contributed by atoms with Crippen molar-refractivity contribution in [1.82, 2.24) is 9.21 Å². The minimum Gasteiger partial charge on any atom is -0.340 e. The highest BCUT2D eigenvalue weighted by molar-refractivity contribution is 7.89. The maximum absolute atomic E-state index is 13.7. The van der Waals surface area contributed by atoms with Crippen LogP contribution in [0.15, 0.2) is 23.1 Å². The molecule has 0 aliphatic carbocycles. The molecule has 0 radical (unpaired) electrons. The molecule has 5 nitrogen and oxygen atoms in total. The molecule has 0 N–H and O–H groups in total. The molecule has 1 unspecified atom stereocenters. The van der Waals surface area contributed by atoms with Gasteiger partial charge in [0.2, 0.25) is 15.9 Å². The second-order valence-corrected chi connectivity index (χ2v) is 7.52. The van der Waals surface area contributed by atoms with E-state index in [1.165, 1.54) is 0 Å². The third-order valence-electron chi connectivity index (χ3n) is 4.10. The van der Waals surface area contributed by atoms with Crippen LogP contribution in [-0.4, -0.2) is 49.7 Å². The number of sulfonamides is 1. The predicted octanol–water partition coefficient (Wildman–Crippen LogP) is 1.84. The van der Waals surface area contributed by atoms with Crippen LogP contribution in [0.4, 0.5) is 8.78 Å². The summed E-state index contributed by atoms with van der Waals surface area (Å²) < 4.78 is 53.0. The first-order valence-electron chi connectivity index (χ1n) is 7.51. The van der Waals surface area contributed by atoms with Gasteiger partial charge < -0.3 is 4.90 Å². The molecule has 0 aromatic heterocycles. The van der Waals surface area contributed by atoms with Crippen LogP contribution in [0, 0.1) is 17.6 Å². The number of carbonyl (C=O) groups excluding carboxylic acids is 1. The number of piperazine rings is 1. The molecule has 1 fully saturated rings. The molecule has 8 heteroatoms. The number of rotatable bonds is 4. The monoisotopic (exact) mass is 346 g/mol. The fourth-order valence-corrected chi connectivity index (χ4v) is 3.95. The van der Waals surface area contributed by atoms with Crippen molar-refractivity contribution in [3.8, 4) is 0 Å². The molecule has 0 saturated carbocycles. The first-order chi connectivity index (χ1) is 10.8. The Kier molecular flexibility index (Phi) is 5.36. The van der Waals surface area contributed by atoms with Gasteiger partial charge in [0.1, 0.15) is 16.5 Å². The largest absolute Gasteiger partial charge is 0.340 e. The Hall–Kier alpha value is -1.54. The number of hydrogen-bond acceptors (Lipinski definition) is 3. The summed E-state index contributed by atoms with van der Waals surface area (Å²) >= 11 is 0. The van der Waals surface area contributed by atoms with E-state index in [-0.39, 0.29) is 38.0 Å². The number of nitrogens with zero attached hydrogens (tertiary/aromatic N) is 2. The predicted molar refractivity (Wildman–Crippen MR) is 81.2 cm³/mol. The second kappa shape index (κ2) is 6.92. The van der Waals surface area contributed by atoms with E-state index >= 15 is 0 Å². The lowest BCUT2D eigenvalue weighted by Gasteiger charge is -2.35. The summed E-state index contributed by atoms with van der Waals surface area (Å²) in [5.74, 6) is -1.92. The Balaban J connectivity index is 2.13. The Bertz CT molecular complexity index is 686. The number of carbonyl (C=O) groups is 1. The molecule has 2 rings (SSSR count). The molecule has 0 spiro atoms. The maximum Gasteiger partial charge on any atom is 0.246 e. The van der Waals surface area contributed by atoms with E-state index in [0.717, 1.165) is 16.4 Å². The zero-order valence-electron chi connectivity index (χ0n) is 13.1. The standard InChI is InChI=1S/C15H20F2N2O3S/c1-3-11(2)15(20)18-6-8-19(9-7-18)23(21,22)14-10-12(16)4-5-13(14)17/h4-5,10-11H,3,6-9H2,1-2H3. The lowest BCUT2D eigenvalue weighted by Crippen LogP contribution is -2.51. The van der Waals surface area contributed by atoms with Crippen LogP contribution < -0.4 is 0 Å². The van der Waals surface area contributed by atoms with Gasteiger partial charge in [-0.3, -0.25) is 4.79 Å². The minimum atomic E-state index is -4.11.